The van der Waals surface area contributed by atoms with E-state index in [1.54, 1.807) is 36.5 Å². The Balaban J connectivity index is 1.51. The first-order chi connectivity index (χ1) is 13.1. The number of aromatic nitrogens is 2. The van der Waals surface area contributed by atoms with Crippen LogP contribution in [0.3, 0.4) is 0 Å². The smallest absolute Gasteiger partial charge is 0.335 e. The van der Waals surface area contributed by atoms with E-state index in [9.17, 15) is 9.59 Å². The summed E-state index contributed by atoms with van der Waals surface area (Å²) < 4.78 is 5.64. The number of carboxylic acids is 1. The van der Waals surface area contributed by atoms with Gasteiger partial charge in [-0.25, -0.2) is 14.8 Å². The molecular formula is C20H15N3O4. The molecule has 2 aromatic carbocycles. The molecule has 3 aromatic rings. The van der Waals surface area contributed by atoms with Crippen LogP contribution in [0.25, 0.3) is 11.3 Å². The minimum atomic E-state index is -0.998. The van der Waals surface area contributed by atoms with Gasteiger partial charge in [0.1, 0.15) is 18.6 Å². The lowest BCUT2D eigenvalue weighted by atomic mass is 9.99. The summed E-state index contributed by atoms with van der Waals surface area (Å²) in [5, 5.41) is 11.8. The van der Waals surface area contributed by atoms with E-state index >= 15 is 0 Å². The maximum Gasteiger partial charge on any atom is 0.335 e. The largest absolute Gasteiger partial charge is 0.485 e. The molecular weight excluding hydrogens is 346 g/mol. The van der Waals surface area contributed by atoms with Crippen LogP contribution in [0.1, 0.15) is 31.8 Å². The van der Waals surface area contributed by atoms with Gasteiger partial charge in [0, 0.05) is 17.7 Å². The van der Waals surface area contributed by atoms with E-state index in [0.717, 1.165) is 16.7 Å². The second-order valence-corrected chi connectivity index (χ2v) is 6.08. The van der Waals surface area contributed by atoms with E-state index in [0.29, 0.717) is 23.6 Å². The van der Waals surface area contributed by atoms with E-state index in [1.165, 1.54) is 12.4 Å². The highest BCUT2D eigenvalue weighted by Gasteiger charge is 2.20. The topological polar surface area (TPSA) is 101 Å². The third-order valence-corrected chi connectivity index (χ3v) is 4.31. The Hall–Kier alpha value is -3.74. The molecule has 0 spiro atoms. The Bertz CT molecular complexity index is 1050. The van der Waals surface area contributed by atoms with Crippen molar-refractivity contribution in [2.75, 3.05) is 0 Å². The molecule has 0 saturated heterocycles. The van der Waals surface area contributed by atoms with E-state index in [2.05, 4.69) is 15.3 Å². The van der Waals surface area contributed by atoms with Crippen LogP contribution in [-0.4, -0.2) is 27.0 Å². The molecule has 2 heterocycles. The first-order valence-corrected chi connectivity index (χ1v) is 8.28. The quantitative estimate of drug-likeness (QED) is 0.741. The van der Waals surface area contributed by atoms with Gasteiger partial charge in [0.05, 0.1) is 11.8 Å². The Morgan fingerprint density at radius 2 is 2.04 bits per heavy atom. The van der Waals surface area contributed by atoms with Crippen molar-refractivity contribution in [2.24, 2.45) is 0 Å². The van der Waals surface area contributed by atoms with Crippen molar-refractivity contribution >= 4 is 11.9 Å². The minimum Gasteiger partial charge on any atom is -0.485 e. The average molecular weight is 361 g/mol. The summed E-state index contributed by atoms with van der Waals surface area (Å²) in [4.78, 5) is 31.7. The number of carboxylic acid groups (broad SMARTS) is 1. The van der Waals surface area contributed by atoms with Gasteiger partial charge in [-0.05, 0) is 35.4 Å². The van der Waals surface area contributed by atoms with Crippen molar-refractivity contribution in [3.63, 3.8) is 0 Å². The van der Waals surface area contributed by atoms with Gasteiger partial charge in [0.2, 0.25) is 0 Å². The van der Waals surface area contributed by atoms with Crippen molar-refractivity contribution in [3.05, 3.63) is 77.2 Å². The molecule has 2 N–H and O–H groups in total. The SMILES string of the molecule is O=C(O)c1cccc(CNC(=O)c2ccc3c(c2)COc2cncnc2-3)c1. The van der Waals surface area contributed by atoms with Gasteiger partial charge in [-0.15, -0.1) is 0 Å². The van der Waals surface area contributed by atoms with Crippen molar-refractivity contribution in [1.82, 2.24) is 15.3 Å². The van der Waals surface area contributed by atoms with Crippen LogP contribution in [0.15, 0.2) is 55.0 Å². The molecule has 7 heteroatoms. The molecule has 7 nitrogen and oxygen atoms in total. The molecule has 1 aliphatic rings. The van der Waals surface area contributed by atoms with E-state index in [1.807, 2.05) is 6.07 Å². The number of fused-ring (bicyclic) bond motifs is 3. The number of rotatable bonds is 4. The highest BCUT2D eigenvalue weighted by molar-refractivity contribution is 5.95. The Morgan fingerprint density at radius 1 is 1.15 bits per heavy atom. The molecule has 0 aliphatic carbocycles. The molecule has 27 heavy (non-hydrogen) atoms. The number of hydrogen-bond acceptors (Lipinski definition) is 5. The first-order valence-electron chi connectivity index (χ1n) is 8.28. The van der Waals surface area contributed by atoms with E-state index in [-0.39, 0.29) is 18.0 Å². The number of aromatic carboxylic acids is 1. The maximum atomic E-state index is 12.5. The lowest BCUT2D eigenvalue weighted by Gasteiger charge is -2.19. The van der Waals surface area contributed by atoms with Crippen molar-refractivity contribution in [3.8, 4) is 17.0 Å². The lowest BCUT2D eigenvalue weighted by Crippen LogP contribution is -2.23. The number of carbonyl (C=O) groups is 2. The normalized spacial score (nSPS) is 11.7. The predicted molar refractivity (Wildman–Crippen MR) is 96.4 cm³/mol. The fraction of sp³-hybridized carbons (Fsp3) is 0.100. The average Bonchev–Trinajstić information content (AvgIpc) is 2.71. The van der Waals surface area contributed by atoms with E-state index < -0.39 is 5.97 Å². The van der Waals surface area contributed by atoms with Crippen LogP contribution in [0.5, 0.6) is 5.75 Å². The molecule has 0 unspecified atom stereocenters. The van der Waals surface area contributed by atoms with E-state index in [4.69, 9.17) is 9.84 Å². The van der Waals surface area contributed by atoms with Gasteiger partial charge in [-0.1, -0.05) is 18.2 Å². The first kappa shape index (κ1) is 16.7. The van der Waals surface area contributed by atoms with Crippen LogP contribution >= 0.6 is 0 Å². The second kappa shape index (κ2) is 6.87. The van der Waals surface area contributed by atoms with Gasteiger partial charge < -0.3 is 15.2 Å². The van der Waals surface area contributed by atoms with Crippen LogP contribution in [0.4, 0.5) is 0 Å². The number of nitrogens with one attached hydrogen (secondary N) is 1. The van der Waals surface area contributed by atoms with Gasteiger partial charge in [-0.3, -0.25) is 4.79 Å². The summed E-state index contributed by atoms with van der Waals surface area (Å²) in [6, 6.07) is 11.8. The molecule has 0 bridgehead atoms. The predicted octanol–water partition coefficient (Wildman–Crippen LogP) is 2.66. The molecule has 4 rings (SSSR count). The number of benzene rings is 2. The molecule has 1 aromatic heterocycles. The number of amides is 1. The fourth-order valence-corrected chi connectivity index (χ4v) is 2.96. The van der Waals surface area contributed by atoms with Crippen molar-refractivity contribution in [1.29, 1.82) is 0 Å². The number of carbonyl (C=O) groups excluding carboxylic acids is 1. The van der Waals surface area contributed by atoms with Crippen LogP contribution in [-0.2, 0) is 13.2 Å². The third-order valence-electron chi connectivity index (χ3n) is 4.31. The van der Waals surface area contributed by atoms with Crippen LogP contribution < -0.4 is 10.1 Å². The molecule has 1 aliphatic heterocycles. The fourth-order valence-electron chi connectivity index (χ4n) is 2.96. The number of ether oxygens (including phenoxy) is 1. The summed E-state index contributed by atoms with van der Waals surface area (Å²) in [6.45, 7) is 0.584. The maximum absolute atomic E-state index is 12.5. The zero-order chi connectivity index (χ0) is 18.8. The van der Waals surface area contributed by atoms with Gasteiger partial charge in [0.15, 0.2) is 5.75 Å². The van der Waals surface area contributed by atoms with Crippen LogP contribution in [0.2, 0.25) is 0 Å². The van der Waals surface area contributed by atoms with Crippen molar-refractivity contribution < 1.29 is 19.4 Å². The standard InChI is InChI=1S/C20H15N3O4/c24-19(22-8-12-2-1-3-14(6-12)20(25)26)13-4-5-16-15(7-13)10-27-17-9-21-11-23-18(16)17/h1-7,9,11H,8,10H2,(H,22,24)(H,25,26). The highest BCUT2D eigenvalue weighted by Crippen LogP contribution is 2.35. The molecule has 0 fully saturated rings. The molecule has 134 valence electrons. The Morgan fingerprint density at radius 3 is 2.89 bits per heavy atom. The third kappa shape index (κ3) is 3.35. The monoisotopic (exact) mass is 361 g/mol. The minimum absolute atomic E-state index is 0.188. The molecule has 1 amide bonds. The molecule has 0 saturated carbocycles. The lowest BCUT2D eigenvalue weighted by molar-refractivity contribution is 0.0696. The highest BCUT2D eigenvalue weighted by atomic mass is 16.5. The van der Waals surface area contributed by atoms with Gasteiger partial charge >= 0.3 is 5.97 Å². The Labute approximate surface area is 154 Å². The summed E-state index contributed by atoms with van der Waals surface area (Å²) >= 11 is 0. The molecule has 0 radical (unpaired) electrons. The zero-order valence-corrected chi connectivity index (χ0v) is 14.2. The van der Waals surface area contributed by atoms with Gasteiger partial charge in [0.25, 0.3) is 5.91 Å². The Kier molecular flexibility index (Phi) is 4.25. The molecule has 0 atom stereocenters. The summed E-state index contributed by atoms with van der Waals surface area (Å²) in [6.07, 6.45) is 3.08. The summed E-state index contributed by atoms with van der Waals surface area (Å²) in [7, 11) is 0. The number of nitrogens with zero attached hydrogens (tertiary/aromatic N) is 2. The van der Waals surface area contributed by atoms with Gasteiger partial charge in [-0.2, -0.15) is 0 Å². The number of hydrogen-bond donors (Lipinski definition) is 2. The van der Waals surface area contributed by atoms with Crippen LogP contribution in [0, 0.1) is 0 Å². The summed E-state index contributed by atoms with van der Waals surface area (Å²) in [5.74, 6) is -0.616. The summed E-state index contributed by atoms with van der Waals surface area (Å²) in [5.41, 5.74) is 3.92. The zero-order valence-electron chi connectivity index (χ0n) is 14.2. The second-order valence-electron chi connectivity index (χ2n) is 6.08. The van der Waals surface area contributed by atoms with Crippen molar-refractivity contribution in [2.45, 2.75) is 13.2 Å².